The van der Waals surface area contributed by atoms with Crippen molar-refractivity contribution in [1.29, 1.82) is 0 Å². The largest absolute Gasteiger partial charge is 0.370 e. The van der Waals surface area contributed by atoms with Gasteiger partial charge in [-0.1, -0.05) is 0 Å². The normalized spacial score (nSPS) is 14.3. The fraction of sp³-hybridized carbons (Fsp3) is 0.455. The number of nitrogens with one attached hydrogen (secondary N) is 3. The van der Waals surface area contributed by atoms with Gasteiger partial charge in [0.15, 0.2) is 11.6 Å². The first-order valence-electron chi connectivity index (χ1n) is 10.6. The van der Waals surface area contributed by atoms with E-state index in [0.717, 1.165) is 37.3 Å². The van der Waals surface area contributed by atoms with Gasteiger partial charge in [-0.2, -0.15) is 0 Å². The van der Waals surface area contributed by atoms with E-state index >= 15 is 0 Å². The molecule has 0 unspecified atom stereocenters. The molecule has 0 saturated carbocycles. The first-order chi connectivity index (χ1) is 14.9. The van der Waals surface area contributed by atoms with Crippen molar-refractivity contribution in [2.75, 3.05) is 36.9 Å². The predicted molar refractivity (Wildman–Crippen MR) is 118 cm³/mol. The van der Waals surface area contributed by atoms with Crippen molar-refractivity contribution in [3.63, 3.8) is 0 Å². The van der Waals surface area contributed by atoms with Crippen LogP contribution in [0.4, 0.5) is 20.7 Å². The summed E-state index contributed by atoms with van der Waals surface area (Å²) in [5.74, 6) is -0.377. The number of pyridine rings is 2. The Balaban J connectivity index is 1.61. The lowest BCUT2D eigenvalue weighted by atomic mass is 9.90. The van der Waals surface area contributed by atoms with Gasteiger partial charge in [-0.3, -0.25) is 10.1 Å². The number of carbonyl (C=O) groups excluding carboxylic acids is 2. The third kappa shape index (κ3) is 5.48. The number of nitrogens with zero attached hydrogens (tertiary/aromatic N) is 3. The van der Waals surface area contributed by atoms with Crippen LogP contribution in [0.15, 0.2) is 24.4 Å². The number of urea groups is 1. The van der Waals surface area contributed by atoms with E-state index in [1.807, 2.05) is 13.0 Å². The fourth-order valence-corrected chi connectivity index (χ4v) is 3.87. The van der Waals surface area contributed by atoms with Crippen molar-refractivity contribution < 1.29 is 14.0 Å². The summed E-state index contributed by atoms with van der Waals surface area (Å²) in [5.41, 5.74) is 2.81. The molecule has 1 fully saturated rings. The molecule has 31 heavy (non-hydrogen) atoms. The van der Waals surface area contributed by atoms with E-state index in [1.165, 1.54) is 6.20 Å². The summed E-state index contributed by atoms with van der Waals surface area (Å²) in [4.78, 5) is 34.1. The molecule has 0 atom stereocenters. The topological polar surface area (TPSA) is 99.3 Å². The van der Waals surface area contributed by atoms with Gasteiger partial charge in [0.2, 0.25) is 0 Å². The molecule has 0 aromatic carbocycles. The molecule has 3 rings (SSSR count). The van der Waals surface area contributed by atoms with Gasteiger partial charge in [-0.25, -0.2) is 19.2 Å². The van der Waals surface area contributed by atoms with E-state index in [0.29, 0.717) is 30.1 Å². The summed E-state index contributed by atoms with van der Waals surface area (Å²) < 4.78 is 14.8. The smallest absolute Gasteiger partial charge is 0.320 e. The lowest BCUT2D eigenvalue weighted by Crippen LogP contribution is -2.35. The maximum atomic E-state index is 14.8. The van der Waals surface area contributed by atoms with E-state index in [9.17, 15) is 14.0 Å². The van der Waals surface area contributed by atoms with Crippen molar-refractivity contribution in [1.82, 2.24) is 20.6 Å². The number of amides is 3. The predicted octanol–water partition coefficient (Wildman–Crippen LogP) is 2.88. The molecule has 1 saturated heterocycles. The number of rotatable bonds is 6. The number of hydrogen-bond acceptors (Lipinski definition) is 5. The van der Waals surface area contributed by atoms with Crippen LogP contribution in [0.5, 0.6) is 0 Å². The number of piperidine rings is 1. The number of aromatic nitrogens is 2. The zero-order valence-corrected chi connectivity index (χ0v) is 18.2. The Bertz CT molecular complexity index is 944. The zero-order chi connectivity index (χ0) is 22.4. The number of hydrogen-bond donors (Lipinski definition) is 3. The van der Waals surface area contributed by atoms with Crippen LogP contribution in [0.1, 0.15) is 41.5 Å². The molecule has 3 N–H and O–H groups in total. The Morgan fingerprint density at radius 1 is 1.23 bits per heavy atom. The maximum absolute atomic E-state index is 14.8. The highest BCUT2D eigenvalue weighted by molar-refractivity contribution is 5.92. The summed E-state index contributed by atoms with van der Waals surface area (Å²) in [6.07, 6.45) is 3.95. The molecule has 0 radical (unpaired) electrons. The zero-order valence-electron chi connectivity index (χ0n) is 18.2. The minimum atomic E-state index is -0.471. The third-order valence-electron chi connectivity index (χ3n) is 5.52. The molecule has 0 spiro atoms. The van der Waals surface area contributed by atoms with Gasteiger partial charge in [0.1, 0.15) is 5.69 Å². The molecular weight excluding hydrogens is 399 g/mol. The highest BCUT2D eigenvalue weighted by Gasteiger charge is 2.23. The highest BCUT2D eigenvalue weighted by atomic mass is 19.1. The molecule has 2 aromatic heterocycles. The summed E-state index contributed by atoms with van der Waals surface area (Å²) >= 11 is 0. The first-order valence-corrected chi connectivity index (χ1v) is 10.6. The van der Waals surface area contributed by atoms with Gasteiger partial charge < -0.3 is 15.5 Å². The van der Waals surface area contributed by atoms with Crippen molar-refractivity contribution in [3.05, 3.63) is 47.2 Å². The molecule has 0 bridgehead atoms. The monoisotopic (exact) mass is 428 g/mol. The van der Waals surface area contributed by atoms with Gasteiger partial charge in [0.05, 0.1) is 11.4 Å². The second kappa shape index (κ2) is 10.2. The Kier molecular flexibility index (Phi) is 7.38. The van der Waals surface area contributed by atoms with E-state index in [-0.39, 0.29) is 11.7 Å². The van der Waals surface area contributed by atoms with Gasteiger partial charge in [-0.05, 0) is 62.8 Å². The van der Waals surface area contributed by atoms with Crippen LogP contribution in [0, 0.1) is 18.7 Å². The molecule has 8 nitrogen and oxygen atoms in total. The van der Waals surface area contributed by atoms with Crippen molar-refractivity contribution in [2.24, 2.45) is 5.92 Å². The fourth-order valence-electron chi connectivity index (χ4n) is 3.87. The minimum absolute atomic E-state index is 0.0428. The van der Waals surface area contributed by atoms with Crippen LogP contribution in [-0.2, 0) is 6.42 Å². The van der Waals surface area contributed by atoms with Crippen molar-refractivity contribution in [3.8, 4) is 0 Å². The van der Waals surface area contributed by atoms with E-state index in [2.05, 4.69) is 30.8 Å². The van der Waals surface area contributed by atoms with Gasteiger partial charge in [0.25, 0.3) is 5.91 Å². The molecule has 1 aliphatic heterocycles. The van der Waals surface area contributed by atoms with Crippen LogP contribution < -0.4 is 20.9 Å². The summed E-state index contributed by atoms with van der Waals surface area (Å²) in [6, 6.07) is 4.89. The molecule has 3 heterocycles. The Morgan fingerprint density at radius 3 is 2.61 bits per heavy atom. The maximum Gasteiger partial charge on any atom is 0.320 e. The van der Waals surface area contributed by atoms with Crippen LogP contribution >= 0.6 is 0 Å². The lowest BCUT2D eigenvalue weighted by molar-refractivity contribution is 0.0958. The van der Waals surface area contributed by atoms with Crippen LogP contribution in [0.25, 0.3) is 0 Å². The molecule has 166 valence electrons. The number of aryl methyl sites for hydroxylation is 1. The van der Waals surface area contributed by atoms with E-state index in [4.69, 9.17) is 0 Å². The highest BCUT2D eigenvalue weighted by Crippen LogP contribution is 2.28. The molecule has 0 aliphatic carbocycles. The number of halogens is 1. The Labute approximate surface area is 181 Å². The Morgan fingerprint density at radius 2 is 1.97 bits per heavy atom. The van der Waals surface area contributed by atoms with Crippen molar-refractivity contribution >= 4 is 23.4 Å². The first kappa shape index (κ1) is 22.5. The van der Waals surface area contributed by atoms with Crippen LogP contribution in [-0.4, -0.2) is 48.6 Å². The average Bonchev–Trinajstić information content (AvgIpc) is 2.76. The van der Waals surface area contributed by atoms with E-state index in [1.54, 1.807) is 26.1 Å². The van der Waals surface area contributed by atoms with Crippen LogP contribution in [0.3, 0.4) is 0 Å². The summed E-state index contributed by atoms with van der Waals surface area (Å²) in [6.45, 7) is 5.82. The minimum Gasteiger partial charge on any atom is -0.370 e. The van der Waals surface area contributed by atoms with Gasteiger partial charge in [0, 0.05) is 32.9 Å². The van der Waals surface area contributed by atoms with Crippen LogP contribution in [0.2, 0.25) is 0 Å². The second-order valence-corrected chi connectivity index (χ2v) is 7.63. The van der Waals surface area contributed by atoms with Crippen molar-refractivity contribution in [2.45, 2.75) is 33.1 Å². The lowest BCUT2D eigenvalue weighted by Gasteiger charge is -2.34. The van der Waals surface area contributed by atoms with Gasteiger partial charge in [-0.15, -0.1) is 0 Å². The standard InChI is InChI=1S/C22H29FN6O2/c1-4-25-22(31)28-20-19(23)16(7-10-26-20)13-15-8-11-29(12-9-15)18-6-5-17(21(30)24-3)27-14(18)2/h5-7,10,15H,4,8-9,11-13H2,1-3H3,(H,24,30)(H2,25,26,28,31). The molecule has 9 heteroatoms. The SMILES string of the molecule is CCNC(=O)Nc1nccc(CC2CCN(c3ccc(C(=O)NC)nc3C)CC2)c1F. The number of carbonyl (C=O) groups is 2. The quantitative estimate of drug-likeness (QED) is 0.657. The summed E-state index contributed by atoms with van der Waals surface area (Å²) in [7, 11) is 1.59. The molecule has 2 aromatic rings. The van der Waals surface area contributed by atoms with Gasteiger partial charge >= 0.3 is 6.03 Å². The number of anilines is 2. The molecule has 3 amide bonds. The molecular formula is C22H29FN6O2. The Hall–Kier alpha value is -3.23. The summed E-state index contributed by atoms with van der Waals surface area (Å²) in [5, 5.41) is 7.62. The average molecular weight is 429 g/mol. The second-order valence-electron chi connectivity index (χ2n) is 7.63. The van der Waals surface area contributed by atoms with E-state index < -0.39 is 11.8 Å². The molecule has 1 aliphatic rings. The third-order valence-corrected chi connectivity index (χ3v) is 5.52.